The highest BCUT2D eigenvalue weighted by Crippen LogP contribution is 2.40. The minimum absolute atomic E-state index is 0.0175. The van der Waals surface area contributed by atoms with E-state index in [9.17, 15) is 14.4 Å². The number of amides is 1. The summed E-state index contributed by atoms with van der Waals surface area (Å²) in [5.74, 6) is -0.235. The van der Waals surface area contributed by atoms with E-state index in [1.54, 1.807) is 4.68 Å². The predicted molar refractivity (Wildman–Crippen MR) is 116 cm³/mol. The number of aromatic nitrogens is 2. The third-order valence-corrected chi connectivity index (χ3v) is 6.26. The molecule has 2 atom stereocenters. The van der Waals surface area contributed by atoms with Crippen LogP contribution in [0.15, 0.2) is 36.4 Å². The molecule has 0 spiro atoms. The van der Waals surface area contributed by atoms with Crippen LogP contribution in [-0.4, -0.2) is 34.0 Å². The van der Waals surface area contributed by atoms with E-state index in [0.717, 1.165) is 43.5 Å². The third kappa shape index (κ3) is 4.86. The Balaban J connectivity index is 1.37. The lowest BCUT2D eigenvalue weighted by Crippen LogP contribution is -2.40. The summed E-state index contributed by atoms with van der Waals surface area (Å²) in [7, 11) is 0. The first-order valence-corrected chi connectivity index (χ1v) is 11.2. The van der Waals surface area contributed by atoms with Gasteiger partial charge in [-0.1, -0.05) is 38.0 Å². The topological polar surface area (TPSA) is 90.3 Å². The number of nitrogens with one attached hydrogen (secondary N) is 1. The fourth-order valence-electron chi connectivity index (χ4n) is 4.77. The van der Waals surface area contributed by atoms with E-state index in [1.807, 2.05) is 36.4 Å². The maximum absolute atomic E-state index is 12.5. The lowest BCUT2D eigenvalue weighted by molar-refractivity contribution is -0.155. The van der Waals surface area contributed by atoms with Crippen molar-refractivity contribution in [2.24, 2.45) is 17.8 Å². The summed E-state index contributed by atoms with van der Waals surface area (Å²) < 4.78 is 7.02. The number of hydrogen-bond donors (Lipinski definition) is 1. The smallest absolute Gasteiger partial charge is 0.309 e. The van der Waals surface area contributed by atoms with Gasteiger partial charge < -0.3 is 10.1 Å². The van der Waals surface area contributed by atoms with Crippen LogP contribution in [0.1, 0.15) is 51.1 Å². The molecule has 0 saturated heterocycles. The van der Waals surface area contributed by atoms with Crippen LogP contribution in [0.2, 0.25) is 0 Å². The molecular formula is C24H29N3O4. The molecule has 1 aromatic heterocycles. The van der Waals surface area contributed by atoms with Gasteiger partial charge in [-0.05, 0) is 44.2 Å². The minimum atomic E-state index is -0.402. The molecule has 1 N–H and O–H groups in total. The number of esters is 1. The molecule has 4 rings (SSSR count). The molecule has 2 aromatic rings. The largest absolute Gasteiger partial charge is 0.455 e. The summed E-state index contributed by atoms with van der Waals surface area (Å²) in [5, 5.41) is 7.42. The van der Waals surface area contributed by atoms with Crippen LogP contribution in [-0.2, 0) is 25.5 Å². The molecule has 164 valence electrons. The molecule has 2 bridgehead atoms. The van der Waals surface area contributed by atoms with Crippen LogP contribution in [0.3, 0.4) is 0 Å². The summed E-state index contributed by atoms with van der Waals surface area (Å²) >= 11 is 0. The Labute approximate surface area is 182 Å². The Morgan fingerprint density at radius 3 is 2.55 bits per heavy atom. The number of hydrogen-bond acceptors (Lipinski definition) is 5. The number of ether oxygens (including phenoxy) is 1. The number of carbonyl (C=O) groups excluding carboxylic acids is 3. The number of Topliss-reactive ketones (excluding diaryl/α,β-unsaturated/α-hetero) is 1. The van der Waals surface area contributed by atoms with Crippen LogP contribution in [0.5, 0.6) is 0 Å². The zero-order valence-corrected chi connectivity index (χ0v) is 17.9. The Kier molecular flexibility index (Phi) is 6.49. The van der Waals surface area contributed by atoms with Gasteiger partial charge in [0.05, 0.1) is 17.3 Å². The maximum Gasteiger partial charge on any atom is 0.309 e. The number of nitrogens with zero attached hydrogens (tertiary/aromatic N) is 2. The van der Waals surface area contributed by atoms with Crippen molar-refractivity contribution in [3.63, 3.8) is 0 Å². The van der Waals surface area contributed by atoms with Crippen LogP contribution >= 0.6 is 0 Å². The number of carbonyl (C=O) groups is 3. The Morgan fingerprint density at radius 2 is 1.87 bits per heavy atom. The molecule has 0 radical (unpaired) electrons. The first-order chi connectivity index (χ1) is 15.0. The molecule has 2 fully saturated rings. The molecule has 1 heterocycles. The monoisotopic (exact) mass is 423 g/mol. The highest BCUT2D eigenvalue weighted by Gasteiger charge is 2.41. The van der Waals surface area contributed by atoms with Crippen LogP contribution in [0, 0.1) is 17.8 Å². The van der Waals surface area contributed by atoms with Gasteiger partial charge in [0.15, 0.2) is 6.61 Å². The normalized spacial score (nSPS) is 22.7. The van der Waals surface area contributed by atoms with Crippen molar-refractivity contribution in [1.29, 1.82) is 0 Å². The van der Waals surface area contributed by atoms with Crippen molar-refractivity contribution in [3.05, 3.63) is 42.1 Å². The van der Waals surface area contributed by atoms with Gasteiger partial charge in [0.2, 0.25) is 0 Å². The predicted octanol–water partition coefficient (Wildman–Crippen LogP) is 3.70. The lowest BCUT2D eigenvalue weighted by Gasteiger charge is -2.36. The molecule has 2 saturated carbocycles. The number of fused-ring (bicyclic) bond motifs is 2. The van der Waals surface area contributed by atoms with Gasteiger partial charge in [-0.15, -0.1) is 0 Å². The number of ketones is 1. The molecule has 2 aliphatic rings. The highest BCUT2D eigenvalue weighted by atomic mass is 16.5. The lowest BCUT2D eigenvalue weighted by atomic mass is 9.67. The summed E-state index contributed by atoms with van der Waals surface area (Å²) in [6.07, 6.45) is 5.64. The molecular weight excluding hydrogens is 394 g/mol. The number of anilines is 1. The second-order valence-corrected chi connectivity index (χ2v) is 8.57. The molecule has 7 heteroatoms. The summed E-state index contributed by atoms with van der Waals surface area (Å²) in [6.45, 7) is 1.73. The Bertz CT molecular complexity index is 937. The average molecular weight is 424 g/mol. The molecule has 0 aliphatic heterocycles. The quantitative estimate of drug-likeness (QED) is 0.686. The van der Waals surface area contributed by atoms with Crippen molar-refractivity contribution in [2.75, 3.05) is 11.9 Å². The SMILES string of the molecule is CCCc1cc(NC(=O)COC(=O)C2CC3CCCC(C2)C3=O)n(-c2ccccc2)n1. The number of para-hydroxylation sites is 1. The molecule has 1 amide bonds. The fraction of sp³-hybridized carbons (Fsp3) is 0.500. The van der Waals surface area contributed by atoms with Crippen LogP contribution < -0.4 is 5.32 Å². The van der Waals surface area contributed by atoms with Crippen molar-refractivity contribution in [1.82, 2.24) is 9.78 Å². The van der Waals surface area contributed by atoms with Crippen molar-refractivity contribution < 1.29 is 19.1 Å². The summed E-state index contributed by atoms with van der Waals surface area (Å²) in [4.78, 5) is 37.3. The van der Waals surface area contributed by atoms with Crippen molar-refractivity contribution >= 4 is 23.5 Å². The van der Waals surface area contributed by atoms with Gasteiger partial charge in [-0.25, -0.2) is 4.68 Å². The van der Waals surface area contributed by atoms with Crippen molar-refractivity contribution in [2.45, 2.75) is 51.9 Å². The Hall–Kier alpha value is -2.96. The summed E-state index contributed by atoms with van der Waals surface area (Å²) in [6, 6.07) is 11.4. The van der Waals surface area contributed by atoms with Gasteiger partial charge in [0, 0.05) is 17.9 Å². The van der Waals surface area contributed by atoms with Gasteiger partial charge in [0.1, 0.15) is 11.6 Å². The molecule has 1 aromatic carbocycles. The third-order valence-electron chi connectivity index (χ3n) is 6.26. The van der Waals surface area contributed by atoms with Gasteiger partial charge >= 0.3 is 5.97 Å². The first-order valence-electron chi connectivity index (χ1n) is 11.2. The number of aryl methyl sites for hydroxylation is 1. The average Bonchev–Trinajstić information content (AvgIpc) is 3.15. The second-order valence-electron chi connectivity index (χ2n) is 8.57. The van der Waals surface area contributed by atoms with Gasteiger partial charge in [-0.2, -0.15) is 5.10 Å². The molecule has 7 nitrogen and oxygen atoms in total. The standard InChI is InChI=1S/C24H29N3O4/c1-2-7-19-14-21(27(26-19)20-10-4-3-5-11-20)25-22(28)15-31-24(30)18-12-16-8-6-9-17(13-18)23(16)29/h3-5,10-11,14,16-18H,2,6-9,12-13,15H2,1H3,(H,25,28). The maximum atomic E-state index is 12.5. The molecule has 31 heavy (non-hydrogen) atoms. The second kappa shape index (κ2) is 9.45. The van der Waals surface area contributed by atoms with Crippen molar-refractivity contribution in [3.8, 4) is 5.69 Å². The van der Waals surface area contributed by atoms with Gasteiger partial charge in [-0.3, -0.25) is 14.4 Å². The molecule has 2 unspecified atom stereocenters. The number of benzene rings is 1. The number of rotatable bonds is 7. The van der Waals surface area contributed by atoms with Crippen LogP contribution in [0.4, 0.5) is 5.82 Å². The molecule has 2 aliphatic carbocycles. The zero-order chi connectivity index (χ0) is 21.8. The first kappa shape index (κ1) is 21.3. The fourth-order valence-corrected chi connectivity index (χ4v) is 4.77. The summed E-state index contributed by atoms with van der Waals surface area (Å²) in [5.41, 5.74) is 1.73. The van der Waals surface area contributed by atoms with E-state index in [4.69, 9.17) is 4.74 Å². The zero-order valence-electron chi connectivity index (χ0n) is 17.9. The van der Waals surface area contributed by atoms with E-state index < -0.39 is 5.91 Å². The Morgan fingerprint density at radius 1 is 1.16 bits per heavy atom. The van der Waals surface area contributed by atoms with E-state index in [2.05, 4.69) is 17.3 Å². The minimum Gasteiger partial charge on any atom is -0.455 e. The van der Waals surface area contributed by atoms with E-state index >= 15 is 0 Å². The van der Waals surface area contributed by atoms with E-state index in [0.29, 0.717) is 24.4 Å². The van der Waals surface area contributed by atoms with E-state index in [-0.39, 0.29) is 30.3 Å². The van der Waals surface area contributed by atoms with Gasteiger partial charge in [0.25, 0.3) is 5.91 Å². The van der Waals surface area contributed by atoms with E-state index in [1.165, 1.54) is 0 Å². The highest BCUT2D eigenvalue weighted by molar-refractivity contribution is 5.93. The van der Waals surface area contributed by atoms with Crippen LogP contribution in [0.25, 0.3) is 5.69 Å².